The number of carboxylic acid groups (broad SMARTS) is 1. The fraction of sp³-hybridized carbons (Fsp3) is 0.950. The lowest BCUT2D eigenvalue weighted by Crippen LogP contribution is -2.05. The highest BCUT2D eigenvalue weighted by molar-refractivity contribution is 5.69. The fourth-order valence-corrected chi connectivity index (χ4v) is 6.32. The zero-order chi connectivity index (χ0) is 32.7. The number of aliphatic hydroxyl groups is 1. The number of unbranched alkanes of at least 4 members (excludes halogenated alkanes) is 32. The van der Waals surface area contributed by atoms with E-state index in [2.05, 4.69) is 0 Å². The molecule has 2 N–H and O–H groups in total. The van der Waals surface area contributed by atoms with E-state index in [-0.39, 0.29) is 5.97 Å². The van der Waals surface area contributed by atoms with Gasteiger partial charge in [-0.05, 0) is 25.7 Å². The van der Waals surface area contributed by atoms with Gasteiger partial charge in [0.15, 0.2) is 0 Å². The van der Waals surface area contributed by atoms with Crippen LogP contribution >= 0.6 is 0 Å². The van der Waals surface area contributed by atoms with Crippen LogP contribution in [0.5, 0.6) is 0 Å². The molecule has 0 rings (SSSR count). The van der Waals surface area contributed by atoms with Crippen LogP contribution in [0.25, 0.3) is 0 Å². The highest BCUT2D eigenvalue weighted by Crippen LogP contribution is 2.16. The molecule has 0 aromatic heterocycles. The van der Waals surface area contributed by atoms with Crippen molar-refractivity contribution in [3.63, 3.8) is 0 Å². The quantitative estimate of drug-likeness (QED) is 0.0517. The third-order valence-electron chi connectivity index (χ3n) is 9.34. The average Bonchev–Trinajstić information content (AvgIpc) is 3.03. The lowest BCUT2D eigenvalue weighted by atomic mass is 10.0. The summed E-state index contributed by atoms with van der Waals surface area (Å²) in [5, 5.41) is 17.4. The Labute approximate surface area is 280 Å². The van der Waals surface area contributed by atoms with Crippen molar-refractivity contribution in [2.75, 3.05) is 13.2 Å². The first-order valence-corrected chi connectivity index (χ1v) is 20.1. The van der Waals surface area contributed by atoms with Gasteiger partial charge >= 0.3 is 11.9 Å². The molecule has 0 aliphatic heterocycles. The lowest BCUT2D eigenvalue weighted by molar-refractivity contribution is -0.144. The van der Waals surface area contributed by atoms with Gasteiger partial charge < -0.3 is 14.9 Å². The van der Waals surface area contributed by atoms with Gasteiger partial charge in [-0.15, -0.1) is 0 Å². The Balaban J connectivity index is 3.15. The Morgan fingerprint density at radius 2 is 0.578 bits per heavy atom. The minimum atomic E-state index is -0.664. The van der Waals surface area contributed by atoms with Crippen LogP contribution in [0.4, 0.5) is 0 Å². The molecule has 0 saturated heterocycles. The van der Waals surface area contributed by atoms with Gasteiger partial charge in [0.2, 0.25) is 0 Å². The number of esters is 1. The Bertz CT molecular complexity index is 593. The second-order valence-electron chi connectivity index (χ2n) is 13.9. The van der Waals surface area contributed by atoms with Crippen molar-refractivity contribution in [2.45, 2.75) is 231 Å². The molecule has 0 spiro atoms. The summed E-state index contributed by atoms with van der Waals surface area (Å²) >= 11 is 0. The summed E-state index contributed by atoms with van der Waals surface area (Å²) in [5.74, 6) is -0.660. The maximum Gasteiger partial charge on any atom is 0.305 e. The Hall–Kier alpha value is -1.10. The number of aliphatic carboxylic acids is 1. The van der Waals surface area contributed by atoms with Crippen molar-refractivity contribution in [2.24, 2.45) is 0 Å². The van der Waals surface area contributed by atoms with Gasteiger partial charge in [0.25, 0.3) is 0 Å². The van der Waals surface area contributed by atoms with Gasteiger partial charge in [-0.2, -0.15) is 0 Å². The minimum Gasteiger partial charge on any atom is -0.481 e. The summed E-state index contributed by atoms with van der Waals surface area (Å²) in [4.78, 5) is 22.5. The first-order valence-electron chi connectivity index (χ1n) is 20.1. The zero-order valence-electron chi connectivity index (χ0n) is 30.0. The van der Waals surface area contributed by atoms with E-state index in [1.807, 2.05) is 0 Å². The molecule has 0 aromatic rings. The number of carboxylic acids is 1. The monoisotopic (exact) mass is 639 g/mol. The predicted molar refractivity (Wildman–Crippen MR) is 192 cm³/mol. The summed E-state index contributed by atoms with van der Waals surface area (Å²) in [6.45, 7) is 0.958. The number of hydrogen-bond acceptors (Lipinski definition) is 4. The maximum atomic E-state index is 12.0. The number of carbonyl (C=O) groups is 2. The van der Waals surface area contributed by atoms with E-state index in [4.69, 9.17) is 14.9 Å². The van der Waals surface area contributed by atoms with Crippen LogP contribution in [-0.2, 0) is 14.3 Å². The fourth-order valence-electron chi connectivity index (χ4n) is 6.32. The number of rotatable bonds is 39. The van der Waals surface area contributed by atoms with Crippen molar-refractivity contribution in [1.82, 2.24) is 0 Å². The topological polar surface area (TPSA) is 83.8 Å². The second-order valence-corrected chi connectivity index (χ2v) is 13.9. The highest BCUT2D eigenvalue weighted by Gasteiger charge is 2.03. The molecule has 0 saturated carbocycles. The van der Waals surface area contributed by atoms with Gasteiger partial charge in [0.05, 0.1) is 6.61 Å². The molecule has 0 bridgehead atoms. The minimum absolute atomic E-state index is 0.00433. The molecule has 0 amide bonds. The molecule has 0 radical (unpaired) electrons. The molecule has 5 nitrogen and oxygen atoms in total. The first kappa shape index (κ1) is 43.9. The molecule has 0 unspecified atom stereocenters. The van der Waals surface area contributed by atoms with Gasteiger partial charge in [0.1, 0.15) is 0 Å². The summed E-state index contributed by atoms with van der Waals surface area (Å²) in [7, 11) is 0. The van der Waals surface area contributed by atoms with E-state index in [1.165, 1.54) is 180 Å². The third kappa shape index (κ3) is 40.9. The van der Waals surface area contributed by atoms with Gasteiger partial charge in [-0.25, -0.2) is 0 Å². The van der Waals surface area contributed by atoms with E-state index >= 15 is 0 Å². The third-order valence-corrected chi connectivity index (χ3v) is 9.34. The summed E-state index contributed by atoms with van der Waals surface area (Å²) in [6.07, 6.45) is 44.2. The van der Waals surface area contributed by atoms with E-state index in [0.717, 1.165) is 38.5 Å². The molecule has 0 aromatic carbocycles. The van der Waals surface area contributed by atoms with E-state index < -0.39 is 5.97 Å². The van der Waals surface area contributed by atoms with Gasteiger partial charge in [-0.1, -0.05) is 193 Å². The smallest absolute Gasteiger partial charge is 0.305 e. The van der Waals surface area contributed by atoms with Crippen LogP contribution in [0.15, 0.2) is 0 Å². The van der Waals surface area contributed by atoms with Gasteiger partial charge in [0, 0.05) is 19.4 Å². The Kier molecular flexibility index (Phi) is 38.1. The molecule has 0 atom stereocenters. The van der Waals surface area contributed by atoms with Crippen molar-refractivity contribution >= 4 is 11.9 Å². The van der Waals surface area contributed by atoms with Crippen LogP contribution in [0.2, 0.25) is 0 Å². The van der Waals surface area contributed by atoms with Crippen molar-refractivity contribution in [1.29, 1.82) is 0 Å². The SMILES string of the molecule is O=C(O)CCCCCCCCCCCCCCCCCCCOC(=O)CCCCCCCCCCCCCCCCCCCO. The summed E-state index contributed by atoms with van der Waals surface area (Å²) in [5.41, 5.74) is 0. The van der Waals surface area contributed by atoms with Crippen molar-refractivity contribution < 1.29 is 24.5 Å². The molecular weight excluding hydrogens is 560 g/mol. The predicted octanol–water partition coefficient (Wildman–Crippen LogP) is 12.7. The average molecular weight is 639 g/mol. The second kappa shape index (κ2) is 39.1. The van der Waals surface area contributed by atoms with Crippen LogP contribution in [0.3, 0.4) is 0 Å². The van der Waals surface area contributed by atoms with Crippen LogP contribution < -0.4 is 0 Å². The maximum absolute atomic E-state index is 12.0. The van der Waals surface area contributed by atoms with Crippen molar-refractivity contribution in [3.05, 3.63) is 0 Å². The Morgan fingerprint density at radius 1 is 0.333 bits per heavy atom. The van der Waals surface area contributed by atoms with E-state index in [9.17, 15) is 9.59 Å². The Morgan fingerprint density at radius 3 is 0.867 bits per heavy atom. The molecular formula is C40H78O5. The summed E-state index contributed by atoms with van der Waals surface area (Å²) in [6, 6.07) is 0. The van der Waals surface area contributed by atoms with E-state index in [0.29, 0.717) is 26.1 Å². The number of carbonyl (C=O) groups excluding carboxylic acids is 1. The molecule has 268 valence electrons. The van der Waals surface area contributed by atoms with E-state index in [1.54, 1.807) is 0 Å². The molecule has 0 aliphatic carbocycles. The van der Waals surface area contributed by atoms with Crippen LogP contribution in [-0.4, -0.2) is 35.4 Å². The normalized spacial score (nSPS) is 11.3. The largest absolute Gasteiger partial charge is 0.481 e. The molecule has 45 heavy (non-hydrogen) atoms. The standard InChI is InChI=1S/C40H78O5/c41-37-33-29-25-21-17-13-9-5-1-4-8-12-16-20-24-28-32-36-40(44)45-38-34-30-26-22-18-14-10-6-2-3-7-11-15-19-23-27-31-35-39(42)43/h41H,1-38H2,(H,42,43). The van der Waals surface area contributed by atoms with Gasteiger partial charge in [-0.3, -0.25) is 9.59 Å². The molecule has 0 heterocycles. The lowest BCUT2D eigenvalue weighted by Gasteiger charge is -2.06. The molecule has 5 heteroatoms. The molecule has 0 fully saturated rings. The number of hydrogen-bond donors (Lipinski definition) is 2. The van der Waals surface area contributed by atoms with Crippen LogP contribution in [0.1, 0.15) is 231 Å². The van der Waals surface area contributed by atoms with Crippen LogP contribution in [0, 0.1) is 0 Å². The van der Waals surface area contributed by atoms with Crippen molar-refractivity contribution in [3.8, 4) is 0 Å². The first-order chi connectivity index (χ1) is 22.2. The molecule has 0 aliphatic rings. The highest BCUT2D eigenvalue weighted by atomic mass is 16.5. The zero-order valence-corrected chi connectivity index (χ0v) is 30.0. The summed E-state index contributed by atoms with van der Waals surface area (Å²) < 4.78 is 5.45. The number of ether oxygens (including phenoxy) is 1. The number of aliphatic hydroxyl groups excluding tert-OH is 1.